The smallest absolute Gasteiger partial charge is 0.240 e. The van der Waals surface area contributed by atoms with Crippen molar-refractivity contribution in [2.75, 3.05) is 16.8 Å². The quantitative estimate of drug-likeness (QED) is 0.691. The first-order valence-corrected chi connectivity index (χ1v) is 12.1. The third-order valence-corrected chi connectivity index (χ3v) is 7.26. The van der Waals surface area contributed by atoms with Crippen molar-refractivity contribution in [2.24, 2.45) is 5.92 Å². The van der Waals surface area contributed by atoms with Crippen molar-refractivity contribution < 1.29 is 18.0 Å². The number of rotatable bonds is 7. The van der Waals surface area contributed by atoms with E-state index in [9.17, 15) is 18.0 Å². The fourth-order valence-electron chi connectivity index (χ4n) is 3.95. The standard InChI is InChI=1S/C23H27N3O4S/c1-15-5-3-4-6-20(15)25-22(27)11-12-24-31(29,30)19-9-10-21-18(14-19)13-16(2)26(21)23(28)17-7-8-17/h3-6,9-10,14,16-17,24H,7-8,11-13H2,1-2H3,(H,25,27). The summed E-state index contributed by atoms with van der Waals surface area (Å²) in [7, 11) is -3.75. The third kappa shape index (κ3) is 4.65. The van der Waals surface area contributed by atoms with Gasteiger partial charge in [0.1, 0.15) is 0 Å². The Balaban J connectivity index is 1.38. The summed E-state index contributed by atoms with van der Waals surface area (Å²) in [5, 5.41) is 2.79. The topological polar surface area (TPSA) is 95.6 Å². The zero-order chi connectivity index (χ0) is 22.2. The average Bonchev–Trinajstić information content (AvgIpc) is 3.51. The first-order chi connectivity index (χ1) is 14.8. The van der Waals surface area contributed by atoms with Gasteiger partial charge in [-0.05, 0) is 68.5 Å². The van der Waals surface area contributed by atoms with Crippen LogP contribution in [-0.4, -0.2) is 32.8 Å². The third-order valence-electron chi connectivity index (χ3n) is 5.80. The minimum absolute atomic E-state index is 0.000172. The Hall–Kier alpha value is -2.71. The molecule has 1 unspecified atom stereocenters. The number of sulfonamides is 1. The maximum absolute atomic E-state index is 12.7. The lowest BCUT2D eigenvalue weighted by atomic mass is 10.1. The Morgan fingerprint density at radius 3 is 2.58 bits per heavy atom. The average molecular weight is 442 g/mol. The first-order valence-electron chi connectivity index (χ1n) is 10.6. The summed E-state index contributed by atoms with van der Waals surface area (Å²) >= 11 is 0. The van der Waals surface area contributed by atoms with Gasteiger partial charge in [-0.25, -0.2) is 13.1 Å². The van der Waals surface area contributed by atoms with Crippen molar-refractivity contribution in [2.45, 2.75) is 50.5 Å². The fourth-order valence-corrected chi connectivity index (χ4v) is 5.03. The van der Waals surface area contributed by atoms with Crippen LogP contribution in [0.4, 0.5) is 11.4 Å². The maximum atomic E-state index is 12.7. The second kappa shape index (κ2) is 8.43. The second-order valence-corrected chi connectivity index (χ2v) is 10.1. The lowest BCUT2D eigenvalue weighted by Crippen LogP contribution is -2.36. The molecule has 1 aliphatic carbocycles. The van der Waals surface area contributed by atoms with E-state index in [0.717, 1.165) is 29.7 Å². The molecule has 0 aromatic heterocycles. The van der Waals surface area contributed by atoms with Crippen LogP contribution in [0.3, 0.4) is 0 Å². The van der Waals surface area contributed by atoms with Crippen LogP contribution in [0.15, 0.2) is 47.4 Å². The fraction of sp³-hybridized carbons (Fsp3) is 0.391. The van der Waals surface area contributed by atoms with Crippen LogP contribution in [0.2, 0.25) is 0 Å². The van der Waals surface area contributed by atoms with Gasteiger partial charge in [-0.2, -0.15) is 0 Å². The molecule has 31 heavy (non-hydrogen) atoms. The normalized spacial score (nSPS) is 18.0. The number of nitrogens with one attached hydrogen (secondary N) is 2. The van der Waals surface area contributed by atoms with Gasteiger partial charge in [0.25, 0.3) is 0 Å². The van der Waals surface area contributed by atoms with E-state index in [-0.39, 0.29) is 41.6 Å². The predicted octanol–water partition coefficient (Wildman–Crippen LogP) is 2.99. The zero-order valence-corrected chi connectivity index (χ0v) is 18.5. The van der Waals surface area contributed by atoms with Crippen molar-refractivity contribution >= 4 is 33.2 Å². The van der Waals surface area contributed by atoms with Crippen molar-refractivity contribution in [3.63, 3.8) is 0 Å². The van der Waals surface area contributed by atoms with E-state index in [4.69, 9.17) is 0 Å². The van der Waals surface area contributed by atoms with Crippen molar-refractivity contribution in [1.29, 1.82) is 0 Å². The number of anilines is 2. The highest BCUT2D eigenvalue weighted by atomic mass is 32.2. The van der Waals surface area contributed by atoms with Gasteiger partial charge in [-0.3, -0.25) is 9.59 Å². The Labute approximate surface area is 182 Å². The number of fused-ring (bicyclic) bond motifs is 1. The molecule has 1 saturated carbocycles. The minimum atomic E-state index is -3.75. The van der Waals surface area contributed by atoms with E-state index in [1.807, 2.05) is 36.9 Å². The van der Waals surface area contributed by atoms with E-state index in [1.165, 1.54) is 6.07 Å². The Morgan fingerprint density at radius 2 is 1.87 bits per heavy atom. The summed E-state index contributed by atoms with van der Waals surface area (Å²) in [6.45, 7) is 3.88. The van der Waals surface area contributed by atoms with Gasteiger partial charge in [-0.1, -0.05) is 18.2 Å². The van der Waals surface area contributed by atoms with E-state index < -0.39 is 10.0 Å². The summed E-state index contributed by atoms with van der Waals surface area (Å²) in [5.41, 5.74) is 3.33. The molecule has 2 aliphatic rings. The van der Waals surface area contributed by atoms with Crippen molar-refractivity contribution in [3.8, 4) is 0 Å². The Morgan fingerprint density at radius 1 is 1.13 bits per heavy atom. The number of carbonyl (C=O) groups is 2. The second-order valence-electron chi connectivity index (χ2n) is 8.34. The molecule has 0 saturated heterocycles. The Kier molecular flexibility index (Phi) is 5.85. The minimum Gasteiger partial charge on any atom is -0.326 e. The molecule has 164 valence electrons. The van der Waals surface area contributed by atoms with Crippen LogP contribution >= 0.6 is 0 Å². The molecule has 0 spiro atoms. The molecule has 8 heteroatoms. The highest BCUT2D eigenvalue weighted by molar-refractivity contribution is 7.89. The number of amides is 2. The van der Waals surface area contributed by atoms with Crippen LogP contribution in [-0.2, 0) is 26.0 Å². The summed E-state index contributed by atoms with van der Waals surface area (Å²) in [6.07, 6.45) is 2.53. The van der Waals surface area contributed by atoms with Crippen LogP contribution in [0.1, 0.15) is 37.3 Å². The number of para-hydroxylation sites is 1. The number of hydrogen-bond donors (Lipinski definition) is 2. The predicted molar refractivity (Wildman–Crippen MR) is 119 cm³/mol. The van der Waals surface area contributed by atoms with Gasteiger partial charge >= 0.3 is 0 Å². The Bertz CT molecular complexity index is 1130. The van der Waals surface area contributed by atoms with E-state index in [1.54, 1.807) is 18.2 Å². The zero-order valence-electron chi connectivity index (χ0n) is 17.7. The molecule has 0 radical (unpaired) electrons. The maximum Gasteiger partial charge on any atom is 0.240 e. The summed E-state index contributed by atoms with van der Waals surface area (Å²) in [5.74, 6) is -0.00190. The molecular formula is C23H27N3O4S. The van der Waals surface area contributed by atoms with E-state index in [0.29, 0.717) is 12.1 Å². The van der Waals surface area contributed by atoms with Gasteiger partial charge < -0.3 is 10.2 Å². The molecule has 1 heterocycles. The van der Waals surface area contributed by atoms with E-state index in [2.05, 4.69) is 10.0 Å². The molecule has 2 amide bonds. The van der Waals surface area contributed by atoms with E-state index >= 15 is 0 Å². The van der Waals surface area contributed by atoms with Crippen molar-refractivity contribution in [1.82, 2.24) is 4.72 Å². The van der Waals surface area contributed by atoms with Gasteiger partial charge in [0.05, 0.1) is 4.90 Å². The molecular weight excluding hydrogens is 414 g/mol. The van der Waals surface area contributed by atoms with Crippen LogP contribution < -0.4 is 14.9 Å². The molecule has 0 bridgehead atoms. The van der Waals surface area contributed by atoms with Gasteiger partial charge in [0.15, 0.2) is 0 Å². The molecule has 1 atom stereocenters. The van der Waals surface area contributed by atoms with Crippen LogP contribution in [0.5, 0.6) is 0 Å². The number of benzene rings is 2. The van der Waals surface area contributed by atoms with Gasteiger partial charge in [-0.15, -0.1) is 0 Å². The first kappa shape index (κ1) is 21.5. The molecule has 1 aliphatic heterocycles. The number of hydrogen-bond acceptors (Lipinski definition) is 4. The molecule has 2 N–H and O–H groups in total. The number of aryl methyl sites for hydroxylation is 1. The lowest BCUT2D eigenvalue weighted by Gasteiger charge is -2.22. The molecule has 4 rings (SSSR count). The summed E-state index contributed by atoms with van der Waals surface area (Å²) in [4.78, 5) is 26.7. The van der Waals surface area contributed by atoms with Crippen LogP contribution in [0, 0.1) is 12.8 Å². The highest BCUT2D eigenvalue weighted by Crippen LogP contribution is 2.39. The van der Waals surface area contributed by atoms with Gasteiger partial charge in [0.2, 0.25) is 21.8 Å². The molecule has 1 fully saturated rings. The molecule has 7 nitrogen and oxygen atoms in total. The SMILES string of the molecule is Cc1ccccc1NC(=O)CCNS(=O)(=O)c1ccc2c(c1)CC(C)N2C(=O)C1CC1. The monoisotopic (exact) mass is 441 g/mol. The number of nitrogens with zero attached hydrogens (tertiary/aromatic N) is 1. The lowest BCUT2D eigenvalue weighted by molar-refractivity contribution is -0.120. The summed E-state index contributed by atoms with van der Waals surface area (Å²) in [6, 6.07) is 12.3. The van der Waals surface area contributed by atoms with Gasteiger partial charge in [0, 0.05) is 36.3 Å². The van der Waals surface area contributed by atoms with Crippen LogP contribution in [0.25, 0.3) is 0 Å². The summed E-state index contributed by atoms with van der Waals surface area (Å²) < 4.78 is 27.9. The highest BCUT2D eigenvalue weighted by Gasteiger charge is 2.39. The molecule has 2 aromatic rings. The number of carbonyl (C=O) groups excluding carboxylic acids is 2. The molecule has 2 aromatic carbocycles. The largest absolute Gasteiger partial charge is 0.326 e. The van der Waals surface area contributed by atoms with Crippen molar-refractivity contribution in [3.05, 3.63) is 53.6 Å².